The third-order valence-electron chi connectivity index (χ3n) is 5.77. The molecule has 0 saturated heterocycles. The van der Waals surface area contributed by atoms with Gasteiger partial charge in [0.15, 0.2) is 0 Å². The van der Waals surface area contributed by atoms with E-state index in [1.807, 2.05) is 19.9 Å². The number of methoxy groups -OCH3 is 2. The minimum Gasteiger partial charge on any atom is -0.497 e. The molecule has 0 radical (unpaired) electrons. The average molecular weight is 520 g/mol. The van der Waals surface area contributed by atoms with Crippen molar-refractivity contribution in [3.8, 4) is 11.5 Å². The minimum atomic E-state index is -3.86. The van der Waals surface area contributed by atoms with E-state index in [2.05, 4.69) is 5.32 Å². The maximum atomic E-state index is 13.7. The first kappa shape index (κ1) is 29.0. The average Bonchev–Trinajstić information content (AvgIpc) is 2.84. The summed E-state index contributed by atoms with van der Waals surface area (Å²) in [5, 5.41) is 2.86. The first-order chi connectivity index (χ1) is 17.0. The van der Waals surface area contributed by atoms with Gasteiger partial charge in [-0.05, 0) is 55.7 Å². The molecule has 1 atom stereocenters. The topological polar surface area (TPSA) is 105 Å². The van der Waals surface area contributed by atoms with E-state index >= 15 is 0 Å². The van der Waals surface area contributed by atoms with Crippen LogP contribution in [0.2, 0.25) is 0 Å². The maximum Gasteiger partial charge on any atom is 0.244 e. The number of unbranched alkanes of at least 4 members (excludes halogenated alkanes) is 1. The second-order valence-electron chi connectivity index (χ2n) is 8.64. The lowest BCUT2D eigenvalue weighted by atomic mass is 10.1. The minimum absolute atomic E-state index is 0.0982. The van der Waals surface area contributed by atoms with Crippen molar-refractivity contribution in [2.75, 3.05) is 37.9 Å². The van der Waals surface area contributed by atoms with Gasteiger partial charge in [0, 0.05) is 13.1 Å². The highest BCUT2D eigenvalue weighted by atomic mass is 32.2. The van der Waals surface area contributed by atoms with Gasteiger partial charge in [0.1, 0.15) is 24.1 Å². The Morgan fingerprint density at radius 1 is 1.08 bits per heavy atom. The predicted molar refractivity (Wildman–Crippen MR) is 141 cm³/mol. The van der Waals surface area contributed by atoms with Crippen LogP contribution in [0.15, 0.2) is 42.5 Å². The molecular formula is C26H37N3O6S. The number of hydrogen-bond acceptors (Lipinski definition) is 6. The lowest BCUT2D eigenvalue weighted by Gasteiger charge is -2.32. The Hall–Kier alpha value is -3.27. The van der Waals surface area contributed by atoms with Crippen LogP contribution in [0, 0.1) is 6.92 Å². The monoisotopic (exact) mass is 519 g/mol. The number of nitrogens with one attached hydrogen (secondary N) is 1. The van der Waals surface area contributed by atoms with Crippen LogP contribution in [0.1, 0.15) is 37.8 Å². The summed E-state index contributed by atoms with van der Waals surface area (Å²) in [7, 11) is -0.872. The highest BCUT2D eigenvalue weighted by molar-refractivity contribution is 7.92. The molecule has 1 N–H and O–H groups in total. The Morgan fingerprint density at radius 3 is 2.42 bits per heavy atom. The Morgan fingerprint density at radius 2 is 1.81 bits per heavy atom. The van der Waals surface area contributed by atoms with Gasteiger partial charge in [-0.3, -0.25) is 13.9 Å². The molecule has 0 saturated carbocycles. The number of hydrogen-bond donors (Lipinski definition) is 1. The molecule has 0 heterocycles. The molecule has 0 aliphatic heterocycles. The highest BCUT2D eigenvalue weighted by Gasteiger charge is 2.31. The molecule has 0 fully saturated rings. The summed E-state index contributed by atoms with van der Waals surface area (Å²) in [6, 6.07) is 11.5. The van der Waals surface area contributed by atoms with Crippen molar-refractivity contribution in [1.82, 2.24) is 10.2 Å². The van der Waals surface area contributed by atoms with Crippen molar-refractivity contribution in [2.24, 2.45) is 0 Å². The van der Waals surface area contributed by atoms with Crippen LogP contribution in [0.25, 0.3) is 0 Å². The van der Waals surface area contributed by atoms with Crippen LogP contribution in [0.5, 0.6) is 11.5 Å². The molecule has 36 heavy (non-hydrogen) atoms. The molecule has 1 unspecified atom stereocenters. The second-order valence-corrected chi connectivity index (χ2v) is 10.5. The predicted octanol–water partition coefficient (Wildman–Crippen LogP) is 3.11. The smallest absolute Gasteiger partial charge is 0.244 e. The Balaban J connectivity index is 2.44. The second kappa shape index (κ2) is 13.2. The molecule has 0 bridgehead atoms. The fourth-order valence-corrected chi connectivity index (χ4v) is 4.52. The molecule has 198 valence electrons. The molecular weight excluding hydrogens is 482 g/mol. The van der Waals surface area contributed by atoms with Crippen molar-refractivity contribution < 1.29 is 27.5 Å². The van der Waals surface area contributed by atoms with Crippen LogP contribution in [0.4, 0.5) is 5.69 Å². The SMILES string of the molecule is CCCCNC(=O)C(C)N(Cc1cccc(OC)c1)C(=O)CN(c1cc(C)ccc1OC)S(C)(=O)=O. The van der Waals surface area contributed by atoms with Gasteiger partial charge in [-0.25, -0.2) is 8.42 Å². The molecule has 2 rings (SSSR count). The van der Waals surface area contributed by atoms with Crippen molar-refractivity contribution in [1.29, 1.82) is 0 Å². The largest absolute Gasteiger partial charge is 0.497 e. The van der Waals surface area contributed by atoms with Crippen molar-refractivity contribution in [3.05, 3.63) is 53.6 Å². The molecule has 2 aromatic rings. The summed E-state index contributed by atoms with van der Waals surface area (Å²) < 4.78 is 37.3. The third kappa shape index (κ3) is 7.87. The summed E-state index contributed by atoms with van der Waals surface area (Å²) in [6.45, 7) is 5.58. The molecule has 2 amide bonds. The number of benzene rings is 2. The lowest BCUT2D eigenvalue weighted by Crippen LogP contribution is -2.51. The highest BCUT2D eigenvalue weighted by Crippen LogP contribution is 2.31. The van der Waals surface area contributed by atoms with Crippen LogP contribution in [-0.2, 0) is 26.2 Å². The van der Waals surface area contributed by atoms with Gasteiger partial charge < -0.3 is 19.7 Å². The quantitative estimate of drug-likeness (QED) is 0.408. The Labute approximate surface area is 214 Å². The van der Waals surface area contributed by atoms with Gasteiger partial charge in [0.2, 0.25) is 21.8 Å². The molecule has 0 spiro atoms. The Kier molecular flexibility index (Phi) is 10.6. The van der Waals surface area contributed by atoms with Gasteiger partial charge >= 0.3 is 0 Å². The number of anilines is 1. The van der Waals surface area contributed by atoms with E-state index < -0.39 is 28.5 Å². The van der Waals surface area contributed by atoms with Gasteiger partial charge in [-0.15, -0.1) is 0 Å². The number of amides is 2. The fourth-order valence-electron chi connectivity index (χ4n) is 3.68. The number of nitrogens with zero attached hydrogens (tertiary/aromatic N) is 2. The molecule has 0 aliphatic carbocycles. The van der Waals surface area contributed by atoms with Gasteiger partial charge in [-0.1, -0.05) is 31.5 Å². The summed E-state index contributed by atoms with van der Waals surface area (Å²) in [5.74, 6) is 0.106. The third-order valence-corrected chi connectivity index (χ3v) is 6.89. The van der Waals surface area contributed by atoms with Crippen LogP contribution >= 0.6 is 0 Å². The molecule has 2 aromatic carbocycles. The van der Waals surface area contributed by atoms with E-state index in [1.165, 1.54) is 12.0 Å². The van der Waals surface area contributed by atoms with Crippen molar-refractivity contribution in [3.63, 3.8) is 0 Å². The zero-order valence-electron chi connectivity index (χ0n) is 21.9. The van der Waals surface area contributed by atoms with Gasteiger partial charge in [-0.2, -0.15) is 0 Å². The van der Waals surface area contributed by atoms with E-state index in [-0.39, 0.29) is 18.1 Å². The van der Waals surface area contributed by atoms with Crippen LogP contribution in [0.3, 0.4) is 0 Å². The fraction of sp³-hybridized carbons (Fsp3) is 0.462. The van der Waals surface area contributed by atoms with E-state index in [9.17, 15) is 18.0 Å². The lowest BCUT2D eigenvalue weighted by molar-refractivity contribution is -0.139. The zero-order valence-corrected chi connectivity index (χ0v) is 22.7. The summed E-state index contributed by atoms with van der Waals surface area (Å²) in [6.07, 6.45) is 2.77. The Bertz CT molecular complexity index is 1150. The first-order valence-corrected chi connectivity index (χ1v) is 13.7. The van der Waals surface area contributed by atoms with E-state index in [1.54, 1.807) is 50.4 Å². The number of aryl methyl sites for hydroxylation is 1. The van der Waals surface area contributed by atoms with E-state index in [0.29, 0.717) is 18.0 Å². The molecule has 0 aromatic heterocycles. The zero-order chi connectivity index (χ0) is 26.9. The van der Waals surface area contributed by atoms with Crippen LogP contribution < -0.4 is 19.1 Å². The molecule has 10 heteroatoms. The van der Waals surface area contributed by atoms with Crippen LogP contribution in [-0.4, -0.2) is 64.7 Å². The van der Waals surface area contributed by atoms with Crippen molar-refractivity contribution >= 4 is 27.5 Å². The molecule has 0 aliphatic rings. The van der Waals surface area contributed by atoms with E-state index in [4.69, 9.17) is 9.47 Å². The number of sulfonamides is 1. The van der Waals surface area contributed by atoms with Crippen molar-refractivity contribution in [2.45, 2.75) is 46.2 Å². The number of rotatable bonds is 13. The number of carbonyl (C=O) groups excluding carboxylic acids is 2. The van der Waals surface area contributed by atoms with E-state index in [0.717, 1.165) is 34.5 Å². The summed E-state index contributed by atoms with van der Waals surface area (Å²) >= 11 is 0. The number of carbonyl (C=O) groups is 2. The normalized spacial score (nSPS) is 11.9. The first-order valence-electron chi connectivity index (χ1n) is 11.8. The maximum absolute atomic E-state index is 13.7. The summed E-state index contributed by atoms with van der Waals surface area (Å²) in [5.41, 5.74) is 1.81. The number of ether oxygens (including phenoxy) is 2. The standard InChI is InChI=1S/C26H37N3O6S/c1-7-8-14-27-26(31)20(3)28(17-21-10-9-11-22(16-21)34-4)25(30)18-29(36(6,32)33)23-15-19(2)12-13-24(23)35-5/h9-13,15-16,20H,7-8,14,17-18H2,1-6H3,(H,27,31). The molecule has 9 nitrogen and oxygen atoms in total. The van der Waals surface area contributed by atoms with Gasteiger partial charge in [0.05, 0.1) is 26.2 Å². The summed E-state index contributed by atoms with van der Waals surface area (Å²) in [4.78, 5) is 27.9. The van der Waals surface area contributed by atoms with Gasteiger partial charge in [0.25, 0.3) is 0 Å².